The van der Waals surface area contributed by atoms with E-state index in [0.29, 0.717) is 6.54 Å². The molecule has 0 aliphatic carbocycles. The van der Waals surface area contributed by atoms with Gasteiger partial charge >= 0.3 is 6.18 Å². The molecule has 118 valence electrons. The van der Waals surface area contributed by atoms with Crippen LogP contribution in [0.3, 0.4) is 0 Å². The third-order valence-electron chi connectivity index (χ3n) is 4.19. The minimum atomic E-state index is -4.29. The van der Waals surface area contributed by atoms with E-state index < -0.39 is 11.7 Å². The van der Waals surface area contributed by atoms with Crippen molar-refractivity contribution < 1.29 is 13.2 Å². The number of alkyl halides is 3. The lowest BCUT2D eigenvalue weighted by atomic mass is 10.0. The number of benzene rings is 1. The van der Waals surface area contributed by atoms with E-state index in [2.05, 4.69) is 11.8 Å². The third kappa shape index (κ3) is 4.45. The highest BCUT2D eigenvalue weighted by Gasteiger charge is 2.30. The van der Waals surface area contributed by atoms with E-state index in [1.807, 2.05) is 0 Å². The van der Waals surface area contributed by atoms with E-state index in [1.165, 1.54) is 31.4 Å². The Hall–Kier alpha value is -1.07. The summed E-state index contributed by atoms with van der Waals surface area (Å²) in [6.07, 6.45) is -0.645. The molecule has 1 heterocycles. The molecule has 2 rings (SSSR count). The van der Waals surface area contributed by atoms with Crippen molar-refractivity contribution in [3.63, 3.8) is 0 Å². The Morgan fingerprint density at radius 2 is 1.95 bits per heavy atom. The van der Waals surface area contributed by atoms with Gasteiger partial charge in [-0.15, -0.1) is 0 Å². The first-order chi connectivity index (χ1) is 9.90. The van der Waals surface area contributed by atoms with Crippen molar-refractivity contribution in [1.29, 1.82) is 0 Å². The molecule has 0 spiro atoms. The molecule has 0 aromatic heterocycles. The fraction of sp³-hybridized carbons (Fsp3) is 0.625. The normalized spacial score (nSPS) is 21.7. The molecule has 0 saturated carbocycles. The standard InChI is InChI=1S/C16H23F3N2/c1-2-3-12-8-9-21(10-12)11-15(20)13-4-6-14(7-5-13)16(17,18)19/h4-7,12,15H,2-3,8-11,20H2,1H3. The fourth-order valence-electron chi connectivity index (χ4n) is 3.03. The SMILES string of the molecule is CCCC1CCN(CC(N)c2ccc(C(F)(F)F)cc2)C1. The van der Waals surface area contributed by atoms with Crippen LogP contribution in [0.4, 0.5) is 13.2 Å². The first-order valence-electron chi connectivity index (χ1n) is 7.55. The molecule has 1 aromatic rings. The molecule has 0 radical (unpaired) electrons. The molecule has 0 amide bonds. The van der Waals surface area contributed by atoms with Crippen molar-refractivity contribution in [2.45, 2.75) is 38.4 Å². The molecule has 1 aliphatic heterocycles. The van der Waals surface area contributed by atoms with Crippen LogP contribution in [0.15, 0.2) is 24.3 Å². The minimum Gasteiger partial charge on any atom is -0.323 e. The zero-order chi connectivity index (χ0) is 15.5. The van der Waals surface area contributed by atoms with Crippen molar-refractivity contribution in [1.82, 2.24) is 4.90 Å². The Kier molecular flexibility index (Phi) is 5.27. The molecule has 2 unspecified atom stereocenters. The van der Waals surface area contributed by atoms with Crippen molar-refractivity contribution in [3.8, 4) is 0 Å². The molecule has 1 aromatic carbocycles. The molecular weight excluding hydrogens is 277 g/mol. The molecule has 21 heavy (non-hydrogen) atoms. The predicted molar refractivity (Wildman–Crippen MR) is 77.8 cm³/mol. The zero-order valence-corrected chi connectivity index (χ0v) is 12.4. The van der Waals surface area contributed by atoms with Gasteiger partial charge in [0.2, 0.25) is 0 Å². The van der Waals surface area contributed by atoms with Gasteiger partial charge < -0.3 is 10.6 Å². The monoisotopic (exact) mass is 300 g/mol. The Morgan fingerprint density at radius 1 is 1.29 bits per heavy atom. The Bertz CT molecular complexity index is 442. The molecular formula is C16H23F3N2. The topological polar surface area (TPSA) is 29.3 Å². The van der Waals surface area contributed by atoms with Gasteiger partial charge in [0.15, 0.2) is 0 Å². The highest BCUT2D eigenvalue weighted by atomic mass is 19.4. The lowest BCUT2D eigenvalue weighted by molar-refractivity contribution is -0.137. The summed E-state index contributed by atoms with van der Waals surface area (Å²) in [5.41, 5.74) is 6.27. The molecule has 1 saturated heterocycles. The second kappa shape index (κ2) is 6.79. The van der Waals surface area contributed by atoms with Gasteiger partial charge in [0.1, 0.15) is 0 Å². The van der Waals surface area contributed by atoms with Crippen LogP contribution in [0.25, 0.3) is 0 Å². The second-order valence-electron chi connectivity index (χ2n) is 5.93. The number of rotatable bonds is 5. The summed E-state index contributed by atoms with van der Waals surface area (Å²) in [6.45, 7) is 5.00. The van der Waals surface area contributed by atoms with Gasteiger partial charge in [-0.25, -0.2) is 0 Å². The van der Waals surface area contributed by atoms with Gasteiger partial charge in [-0.1, -0.05) is 25.5 Å². The van der Waals surface area contributed by atoms with E-state index >= 15 is 0 Å². The molecule has 1 aliphatic rings. The Labute approximate surface area is 124 Å². The summed E-state index contributed by atoms with van der Waals surface area (Å²) < 4.78 is 37.6. The summed E-state index contributed by atoms with van der Waals surface area (Å²) in [6, 6.07) is 4.98. The molecule has 1 fully saturated rings. The molecule has 2 nitrogen and oxygen atoms in total. The van der Waals surface area contributed by atoms with Gasteiger partial charge in [0.25, 0.3) is 0 Å². The van der Waals surface area contributed by atoms with E-state index in [0.717, 1.165) is 36.7 Å². The Morgan fingerprint density at radius 3 is 2.52 bits per heavy atom. The lowest BCUT2D eigenvalue weighted by Gasteiger charge is -2.21. The minimum absolute atomic E-state index is 0.229. The number of nitrogens with two attached hydrogens (primary N) is 1. The number of halogens is 3. The van der Waals surface area contributed by atoms with Crippen LogP contribution < -0.4 is 5.73 Å². The highest BCUT2D eigenvalue weighted by molar-refractivity contribution is 5.26. The van der Waals surface area contributed by atoms with E-state index in [9.17, 15) is 13.2 Å². The average molecular weight is 300 g/mol. The quantitative estimate of drug-likeness (QED) is 0.895. The Balaban J connectivity index is 1.90. The van der Waals surface area contributed by atoms with Crippen LogP contribution in [0.1, 0.15) is 43.4 Å². The summed E-state index contributed by atoms with van der Waals surface area (Å²) in [5, 5.41) is 0. The lowest BCUT2D eigenvalue weighted by Crippen LogP contribution is -2.30. The summed E-state index contributed by atoms with van der Waals surface area (Å²) in [7, 11) is 0. The largest absolute Gasteiger partial charge is 0.416 e. The maximum absolute atomic E-state index is 12.5. The van der Waals surface area contributed by atoms with Gasteiger partial charge in [-0.3, -0.25) is 0 Å². The third-order valence-corrected chi connectivity index (χ3v) is 4.19. The maximum Gasteiger partial charge on any atom is 0.416 e. The molecule has 2 N–H and O–H groups in total. The van der Waals surface area contributed by atoms with Crippen LogP contribution in [-0.4, -0.2) is 24.5 Å². The van der Waals surface area contributed by atoms with Gasteiger partial charge in [0.05, 0.1) is 5.56 Å². The first-order valence-corrected chi connectivity index (χ1v) is 7.55. The van der Waals surface area contributed by atoms with Crippen LogP contribution >= 0.6 is 0 Å². The van der Waals surface area contributed by atoms with E-state index in [4.69, 9.17) is 5.73 Å². The summed E-state index contributed by atoms with van der Waals surface area (Å²) in [5.74, 6) is 0.745. The van der Waals surface area contributed by atoms with E-state index in [1.54, 1.807) is 0 Å². The smallest absolute Gasteiger partial charge is 0.323 e. The second-order valence-corrected chi connectivity index (χ2v) is 5.93. The summed E-state index contributed by atoms with van der Waals surface area (Å²) in [4.78, 5) is 2.32. The average Bonchev–Trinajstić information content (AvgIpc) is 2.86. The number of nitrogens with zero attached hydrogens (tertiary/aromatic N) is 1. The summed E-state index contributed by atoms with van der Waals surface area (Å²) >= 11 is 0. The highest BCUT2D eigenvalue weighted by Crippen LogP contribution is 2.30. The molecule has 0 bridgehead atoms. The van der Waals surface area contributed by atoms with Gasteiger partial charge in [0, 0.05) is 19.1 Å². The van der Waals surface area contributed by atoms with Crippen molar-refractivity contribution in [2.75, 3.05) is 19.6 Å². The number of hydrogen-bond donors (Lipinski definition) is 1. The maximum atomic E-state index is 12.5. The van der Waals surface area contributed by atoms with E-state index in [-0.39, 0.29) is 6.04 Å². The van der Waals surface area contributed by atoms with Crippen molar-refractivity contribution in [3.05, 3.63) is 35.4 Å². The van der Waals surface area contributed by atoms with Crippen LogP contribution in [0.5, 0.6) is 0 Å². The van der Waals surface area contributed by atoms with Crippen LogP contribution in [0.2, 0.25) is 0 Å². The number of hydrogen-bond acceptors (Lipinski definition) is 2. The van der Waals surface area contributed by atoms with Crippen LogP contribution in [-0.2, 0) is 6.18 Å². The first kappa shape index (κ1) is 16.3. The molecule has 2 atom stereocenters. The van der Waals surface area contributed by atoms with Crippen molar-refractivity contribution in [2.24, 2.45) is 11.7 Å². The number of likely N-dealkylation sites (tertiary alicyclic amines) is 1. The fourth-order valence-corrected chi connectivity index (χ4v) is 3.03. The predicted octanol–water partition coefficient (Wildman–Crippen LogP) is 3.83. The van der Waals surface area contributed by atoms with Gasteiger partial charge in [-0.2, -0.15) is 13.2 Å². The molecule has 5 heteroatoms. The van der Waals surface area contributed by atoms with Crippen LogP contribution in [0, 0.1) is 5.92 Å². The zero-order valence-electron chi connectivity index (χ0n) is 12.4. The van der Waals surface area contributed by atoms with Crippen molar-refractivity contribution >= 4 is 0 Å². The van der Waals surface area contributed by atoms with Gasteiger partial charge in [-0.05, 0) is 43.0 Å².